The van der Waals surface area contributed by atoms with Crippen molar-refractivity contribution in [2.24, 2.45) is 0 Å². The van der Waals surface area contributed by atoms with Crippen molar-refractivity contribution in [3.63, 3.8) is 0 Å². The lowest BCUT2D eigenvalue weighted by Gasteiger charge is -2.37. The molecule has 7 nitrogen and oxygen atoms in total. The Morgan fingerprint density at radius 1 is 1.00 bits per heavy atom. The Morgan fingerprint density at radius 3 is 2.54 bits per heavy atom. The topological polar surface area (TPSA) is 71.9 Å². The summed E-state index contributed by atoms with van der Waals surface area (Å²) in [5, 5.41) is 4.18. The van der Waals surface area contributed by atoms with E-state index in [1.54, 1.807) is 11.6 Å². The van der Waals surface area contributed by atoms with Crippen molar-refractivity contribution in [2.45, 2.75) is 0 Å². The van der Waals surface area contributed by atoms with Crippen molar-refractivity contribution in [3.8, 4) is 5.75 Å². The highest BCUT2D eigenvalue weighted by molar-refractivity contribution is 5.60. The van der Waals surface area contributed by atoms with Gasteiger partial charge in [0.1, 0.15) is 5.75 Å². The van der Waals surface area contributed by atoms with Gasteiger partial charge in [0.15, 0.2) is 5.65 Å². The van der Waals surface area contributed by atoms with Crippen molar-refractivity contribution in [2.75, 3.05) is 48.8 Å². The van der Waals surface area contributed by atoms with Crippen LogP contribution in [0.15, 0.2) is 42.6 Å². The first kappa shape index (κ1) is 14.6. The zero-order valence-electron chi connectivity index (χ0n) is 13.6. The third-order valence-corrected chi connectivity index (χ3v) is 4.40. The van der Waals surface area contributed by atoms with Crippen LogP contribution < -0.4 is 20.3 Å². The molecule has 0 radical (unpaired) electrons. The van der Waals surface area contributed by atoms with E-state index in [9.17, 15) is 0 Å². The molecule has 0 saturated carbocycles. The van der Waals surface area contributed by atoms with Crippen LogP contribution in [-0.2, 0) is 0 Å². The Balaban J connectivity index is 1.50. The van der Waals surface area contributed by atoms with Gasteiger partial charge in [-0.2, -0.15) is 4.98 Å². The number of methoxy groups -OCH3 is 1. The summed E-state index contributed by atoms with van der Waals surface area (Å²) in [6.07, 6.45) is 1.98. The number of ether oxygens (including phenoxy) is 1. The van der Waals surface area contributed by atoms with Gasteiger partial charge in [-0.25, -0.2) is 4.52 Å². The molecule has 0 amide bonds. The second kappa shape index (κ2) is 5.92. The average molecular weight is 324 g/mol. The number of hydrogen-bond acceptors (Lipinski definition) is 6. The maximum Gasteiger partial charge on any atom is 0.240 e. The zero-order valence-corrected chi connectivity index (χ0v) is 13.6. The van der Waals surface area contributed by atoms with E-state index in [0.717, 1.165) is 49.0 Å². The Morgan fingerprint density at radius 2 is 1.75 bits per heavy atom. The van der Waals surface area contributed by atoms with E-state index in [1.807, 2.05) is 30.5 Å². The van der Waals surface area contributed by atoms with E-state index < -0.39 is 0 Å². The normalized spacial score (nSPS) is 15.0. The Kier molecular flexibility index (Phi) is 3.60. The number of nitrogens with zero attached hydrogens (tertiary/aromatic N) is 5. The molecular formula is C17H20N6O. The Hall–Kier alpha value is -2.96. The fraction of sp³-hybridized carbons (Fsp3) is 0.294. The van der Waals surface area contributed by atoms with Crippen LogP contribution in [0.1, 0.15) is 0 Å². The van der Waals surface area contributed by atoms with E-state index in [2.05, 4.69) is 32.0 Å². The van der Waals surface area contributed by atoms with Gasteiger partial charge in [0.2, 0.25) is 5.95 Å². The number of anilines is 3. The number of aromatic nitrogens is 3. The first-order valence-corrected chi connectivity index (χ1v) is 7.99. The SMILES string of the molecule is COc1ccccc1N1CCN(c2ccc3nc(N)nn3c2)CC1. The molecule has 1 aliphatic rings. The van der Waals surface area contributed by atoms with Gasteiger partial charge in [0, 0.05) is 26.2 Å². The van der Waals surface area contributed by atoms with Crippen LogP contribution in [0, 0.1) is 0 Å². The predicted molar refractivity (Wildman–Crippen MR) is 94.8 cm³/mol. The summed E-state index contributed by atoms with van der Waals surface area (Å²) >= 11 is 0. The van der Waals surface area contributed by atoms with Crippen LogP contribution in [0.25, 0.3) is 5.65 Å². The number of benzene rings is 1. The molecule has 24 heavy (non-hydrogen) atoms. The summed E-state index contributed by atoms with van der Waals surface area (Å²) in [7, 11) is 1.72. The van der Waals surface area contributed by atoms with Crippen LogP contribution in [0.2, 0.25) is 0 Å². The maximum atomic E-state index is 5.65. The molecule has 2 N–H and O–H groups in total. The molecule has 0 bridgehead atoms. The fourth-order valence-electron chi connectivity index (χ4n) is 3.17. The molecule has 0 unspecified atom stereocenters. The van der Waals surface area contributed by atoms with E-state index in [4.69, 9.17) is 10.5 Å². The van der Waals surface area contributed by atoms with Crippen molar-refractivity contribution >= 4 is 23.0 Å². The second-order valence-corrected chi connectivity index (χ2v) is 5.81. The van der Waals surface area contributed by atoms with Crippen molar-refractivity contribution < 1.29 is 4.74 Å². The number of nitrogen functional groups attached to an aromatic ring is 1. The first-order valence-electron chi connectivity index (χ1n) is 7.99. The minimum absolute atomic E-state index is 0.299. The number of pyridine rings is 1. The monoisotopic (exact) mass is 324 g/mol. The van der Waals surface area contributed by atoms with Crippen LogP contribution in [0.3, 0.4) is 0 Å². The number of nitrogens with two attached hydrogens (primary N) is 1. The quantitative estimate of drug-likeness (QED) is 0.790. The zero-order chi connectivity index (χ0) is 16.5. The molecule has 0 aliphatic carbocycles. The number of rotatable bonds is 3. The van der Waals surface area contributed by atoms with Gasteiger partial charge in [-0.15, -0.1) is 5.10 Å². The van der Waals surface area contributed by atoms with Crippen LogP contribution in [-0.4, -0.2) is 47.9 Å². The number of fused-ring (bicyclic) bond motifs is 1. The molecule has 2 aromatic heterocycles. The lowest BCUT2D eigenvalue weighted by atomic mass is 10.2. The number of piperazine rings is 1. The predicted octanol–water partition coefficient (Wildman–Crippen LogP) is 1.65. The maximum absolute atomic E-state index is 5.65. The number of para-hydroxylation sites is 2. The van der Waals surface area contributed by atoms with Gasteiger partial charge < -0.3 is 20.3 Å². The first-order chi connectivity index (χ1) is 11.7. The van der Waals surface area contributed by atoms with Crippen molar-refractivity contribution in [1.29, 1.82) is 0 Å². The molecule has 0 atom stereocenters. The fourth-order valence-corrected chi connectivity index (χ4v) is 3.17. The molecule has 1 fully saturated rings. The molecule has 124 valence electrons. The molecule has 3 aromatic rings. The summed E-state index contributed by atoms with van der Waals surface area (Å²) in [5.41, 5.74) is 8.70. The van der Waals surface area contributed by atoms with E-state index in [1.165, 1.54) is 0 Å². The second-order valence-electron chi connectivity index (χ2n) is 5.81. The summed E-state index contributed by atoms with van der Waals surface area (Å²) in [5.74, 6) is 1.22. The van der Waals surface area contributed by atoms with Gasteiger partial charge in [0.05, 0.1) is 24.7 Å². The molecule has 1 aromatic carbocycles. The summed E-state index contributed by atoms with van der Waals surface area (Å²) in [6, 6.07) is 12.2. The third-order valence-electron chi connectivity index (χ3n) is 4.40. The smallest absolute Gasteiger partial charge is 0.240 e. The van der Waals surface area contributed by atoms with E-state index in [-0.39, 0.29) is 0 Å². The van der Waals surface area contributed by atoms with Gasteiger partial charge in [0.25, 0.3) is 0 Å². The minimum atomic E-state index is 0.299. The molecule has 0 spiro atoms. The molecule has 4 rings (SSSR count). The Bertz CT molecular complexity index is 853. The third kappa shape index (κ3) is 2.58. The molecule has 7 heteroatoms. The highest BCUT2D eigenvalue weighted by Gasteiger charge is 2.20. The highest BCUT2D eigenvalue weighted by atomic mass is 16.5. The van der Waals surface area contributed by atoms with E-state index in [0.29, 0.717) is 5.95 Å². The van der Waals surface area contributed by atoms with Gasteiger partial charge in [-0.1, -0.05) is 12.1 Å². The van der Waals surface area contributed by atoms with Crippen LogP contribution in [0.4, 0.5) is 17.3 Å². The lowest BCUT2D eigenvalue weighted by molar-refractivity contribution is 0.413. The Labute approximate surface area is 140 Å². The van der Waals surface area contributed by atoms with E-state index >= 15 is 0 Å². The molecule has 3 heterocycles. The van der Waals surface area contributed by atoms with Crippen molar-refractivity contribution in [1.82, 2.24) is 14.6 Å². The minimum Gasteiger partial charge on any atom is -0.495 e. The van der Waals surface area contributed by atoms with Gasteiger partial charge in [-0.05, 0) is 24.3 Å². The standard InChI is InChI=1S/C17H20N6O/c1-24-15-5-3-2-4-14(15)22-10-8-21(9-11-22)13-6-7-16-19-17(18)20-23(16)12-13/h2-7,12H,8-11H2,1H3,(H2,18,20). The average Bonchev–Trinajstić information content (AvgIpc) is 3.01. The summed E-state index contributed by atoms with van der Waals surface area (Å²) < 4.78 is 7.21. The summed E-state index contributed by atoms with van der Waals surface area (Å²) in [4.78, 5) is 8.87. The largest absolute Gasteiger partial charge is 0.495 e. The van der Waals surface area contributed by atoms with Crippen LogP contribution >= 0.6 is 0 Å². The molecule has 1 aliphatic heterocycles. The highest BCUT2D eigenvalue weighted by Crippen LogP contribution is 2.29. The van der Waals surface area contributed by atoms with Crippen LogP contribution in [0.5, 0.6) is 5.75 Å². The summed E-state index contributed by atoms with van der Waals surface area (Å²) in [6.45, 7) is 3.76. The molecule has 1 saturated heterocycles. The number of hydrogen-bond donors (Lipinski definition) is 1. The van der Waals surface area contributed by atoms with Crippen molar-refractivity contribution in [3.05, 3.63) is 42.6 Å². The van der Waals surface area contributed by atoms with Gasteiger partial charge >= 0.3 is 0 Å². The lowest BCUT2D eigenvalue weighted by Crippen LogP contribution is -2.46. The van der Waals surface area contributed by atoms with Gasteiger partial charge in [-0.3, -0.25) is 0 Å². The molecular weight excluding hydrogens is 304 g/mol.